The van der Waals surface area contributed by atoms with Gasteiger partial charge in [0.15, 0.2) is 0 Å². The van der Waals surface area contributed by atoms with Crippen LogP contribution >= 0.6 is 0 Å². The number of amides is 1. The Hall–Kier alpha value is -0.740. The van der Waals surface area contributed by atoms with Gasteiger partial charge in [0, 0.05) is 23.9 Å². The molecule has 9 heteroatoms. The lowest BCUT2D eigenvalue weighted by Crippen LogP contribution is -2.66. The Balaban J connectivity index is 0.000000422. The Morgan fingerprint density at radius 2 is 1.36 bits per heavy atom. The zero-order valence-electron chi connectivity index (χ0n) is 13.8. The van der Waals surface area contributed by atoms with Gasteiger partial charge in [-0.05, 0) is 41.5 Å². The summed E-state index contributed by atoms with van der Waals surface area (Å²) in [5.41, 5.74) is -1.33. The van der Waals surface area contributed by atoms with Gasteiger partial charge in [0.25, 0.3) is 5.91 Å². The van der Waals surface area contributed by atoms with Gasteiger partial charge >= 0.3 is 10.4 Å². The van der Waals surface area contributed by atoms with Gasteiger partial charge < -0.3 is 15.4 Å². The third-order valence-corrected chi connectivity index (χ3v) is 3.47. The number of carbonyl (C=O) groups excluding carboxylic acids is 1. The van der Waals surface area contributed by atoms with E-state index in [1.807, 2.05) is 13.8 Å². The summed E-state index contributed by atoms with van der Waals surface area (Å²) < 4.78 is 37.6. The molecule has 2 heterocycles. The molecule has 0 aromatic rings. The van der Waals surface area contributed by atoms with Crippen LogP contribution in [0, 0.1) is 0 Å². The van der Waals surface area contributed by atoms with Gasteiger partial charge in [-0.25, -0.2) is 0 Å². The molecule has 0 aromatic heterocycles. The van der Waals surface area contributed by atoms with Crippen molar-refractivity contribution in [1.29, 1.82) is 0 Å². The Kier molecular flexibility index (Phi) is 4.75. The number of ether oxygens (including phenoxy) is 1. The zero-order valence-corrected chi connectivity index (χ0v) is 14.7. The standard InChI is InChI=1S/C13H24N2O2.H2O4S/c1-10(2)7-13(8-11(3,4)15-10)14-9(16)12(5,6)17-13;1-5(2,3)4/h15H,7-8H2,1-6H3,(H,14,16);(H2,1,2,3,4). The molecule has 2 aliphatic rings. The quantitative estimate of drug-likeness (QED) is 0.483. The van der Waals surface area contributed by atoms with Crippen LogP contribution in [-0.2, 0) is 19.9 Å². The van der Waals surface area contributed by atoms with Crippen molar-refractivity contribution in [1.82, 2.24) is 10.6 Å². The minimum atomic E-state index is -4.67. The summed E-state index contributed by atoms with van der Waals surface area (Å²) in [5, 5.41) is 6.66. The first kappa shape index (κ1) is 19.3. The highest BCUT2D eigenvalue weighted by molar-refractivity contribution is 7.79. The summed E-state index contributed by atoms with van der Waals surface area (Å²) in [5.74, 6) is -0.00833. The van der Waals surface area contributed by atoms with Gasteiger partial charge in [0.1, 0.15) is 11.3 Å². The number of piperidine rings is 1. The van der Waals surface area contributed by atoms with Crippen molar-refractivity contribution in [3.8, 4) is 0 Å². The lowest BCUT2D eigenvalue weighted by molar-refractivity contribution is -0.147. The molecule has 8 nitrogen and oxygen atoms in total. The third kappa shape index (κ3) is 5.47. The van der Waals surface area contributed by atoms with Gasteiger partial charge in [-0.15, -0.1) is 0 Å². The van der Waals surface area contributed by atoms with E-state index in [1.54, 1.807) is 0 Å². The van der Waals surface area contributed by atoms with Gasteiger partial charge in [0.2, 0.25) is 0 Å². The van der Waals surface area contributed by atoms with Crippen molar-refractivity contribution in [2.75, 3.05) is 0 Å². The first-order chi connectivity index (χ1) is 9.46. The predicted molar refractivity (Wildman–Crippen MR) is 80.7 cm³/mol. The molecule has 4 N–H and O–H groups in total. The van der Waals surface area contributed by atoms with Crippen molar-refractivity contribution in [3.05, 3.63) is 0 Å². The monoisotopic (exact) mass is 338 g/mol. The number of hydrogen-bond donors (Lipinski definition) is 4. The number of rotatable bonds is 0. The summed E-state index contributed by atoms with van der Waals surface area (Å²) in [6.07, 6.45) is 1.58. The normalized spacial score (nSPS) is 27.7. The Bertz CT molecular complexity index is 529. The summed E-state index contributed by atoms with van der Waals surface area (Å²) >= 11 is 0. The number of nitrogens with one attached hydrogen (secondary N) is 2. The molecular formula is C13H26N2O6S. The molecule has 1 amide bonds. The third-order valence-electron chi connectivity index (χ3n) is 3.47. The second kappa shape index (κ2) is 5.41. The molecule has 2 rings (SSSR count). The van der Waals surface area contributed by atoms with Crippen LogP contribution < -0.4 is 10.6 Å². The van der Waals surface area contributed by atoms with E-state index in [9.17, 15) is 4.79 Å². The minimum absolute atomic E-state index is 0.00833. The van der Waals surface area contributed by atoms with Crippen LogP contribution in [0.3, 0.4) is 0 Å². The van der Waals surface area contributed by atoms with Crippen molar-refractivity contribution in [2.24, 2.45) is 0 Å². The number of carbonyl (C=O) groups is 1. The van der Waals surface area contributed by atoms with Crippen molar-refractivity contribution in [2.45, 2.75) is 76.8 Å². The summed E-state index contributed by atoms with van der Waals surface area (Å²) in [4.78, 5) is 11.9. The van der Waals surface area contributed by atoms with Gasteiger partial charge in [-0.3, -0.25) is 13.9 Å². The fourth-order valence-corrected chi connectivity index (χ4v) is 3.57. The van der Waals surface area contributed by atoms with E-state index in [0.717, 1.165) is 12.8 Å². The first-order valence-electron chi connectivity index (χ1n) is 6.98. The van der Waals surface area contributed by atoms with Crippen LogP contribution in [0.4, 0.5) is 0 Å². The Morgan fingerprint density at radius 3 is 1.64 bits per heavy atom. The second-order valence-electron chi connectivity index (χ2n) is 7.75. The molecule has 2 aliphatic heterocycles. The molecule has 2 fully saturated rings. The lowest BCUT2D eigenvalue weighted by atomic mass is 9.77. The van der Waals surface area contributed by atoms with Gasteiger partial charge in [0.05, 0.1) is 0 Å². The first-order valence-corrected chi connectivity index (χ1v) is 8.37. The maximum atomic E-state index is 11.9. The highest BCUT2D eigenvalue weighted by atomic mass is 32.3. The zero-order chi connectivity index (χ0) is 17.6. The van der Waals surface area contributed by atoms with Crippen LogP contribution in [0.1, 0.15) is 54.4 Å². The molecular weight excluding hydrogens is 312 g/mol. The molecule has 0 bridgehead atoms. The van der Waals surface area contributed by atoms with Crippen molar-refractivity contribution < 1.29 is 27.1 Å². The molecule has 0 aromatic carbocycles. The van der Waals surface area contributed by atoms with E-state index in [4.69, 9.17) is 22.3 Å². The molecule has 0 aliphatic carbocycles. The maximum absolute atomic E-state index is 11.9. The van der Waals surface area contributed by atoms with Gasteiger partial charge in [-0.1, -0.05) is 0 Å². The molecule has 0 radical (unpaired) electrons. The smallest absolute Gasteiger partial charge is 0.340 e. The molecule has 0 saturated carbocycles. The molecule has 1 spiro atoms. The van der Waals surface area contributed by atoms with Crippen LogP contribution in [-0.4, -0.2) is 45.8 Å². The lowest BCUT2D eigenvalue weighted by Gasteiger charge is -2.51. The largest absolute Gasteiger partial charge is 0.394 e. The molecule has 22 heavy (non-hydrogen) atoms. The molecule has 0 unspecified atom stereocenters. The SMILES string of the molecule is CC1(C)CC2(CC(C)(C)N1)NC(=O)C(C)(C)O2.O=S(=O)(O)O. The molecule has 0 atom stereocenters. The summed E-state index contributed by atoms with van der Waals surface area (Å²) in [7, 11) is -4.67. The average molecular weight is 338 g/mol. The topological polar surface area (TPSA) is 125 Å². The molecule has 130 valence electrons. The van der Waals surface area contributed by atoms with E-state index < -0.39 is 21.7 Å². The maximum Gasteiger partial charge on any atom is 0.394 e. The summed E-state index contributed by atoms with van der Waals surface area (Å²) in [6.45, 7) is 12.3. The Morgan fingerprint density at radius 1 is 1.00 bits per heavy atom. The fraction of sp³-hybridized carbons (Fsp3) is 0.923. The summed E-state index contributed by atoms with van der Waals surface area (Å²) in [6, 6.07) is 0. The highest BCUT2D eigenvalue weighted by Gasteiger charge is 2.56. The van der Waals surface area contributed by atoms with Crippen LogP contribution in [0.25, 0.3) is 0 Å². The number of hydrogen-bond acceptors (Lipinski definition) is 5. The minimum Gasteiger partial charge on any atom is -0.340 e. The fourth-order valence-electron chi connectivity index (χ4n) is 3.57. The van der Waals surface area contributed by atoms with Crippen molar-refractivity contribution >= 4 is 16.3 Å². The van der Waals surface area contributed by atoms with E-state index in [0.29, 0.717) is 0 Å². The highest BCUT2D eigenvalue weighted by Crippen LogP contribution is 2.42. The average Bonchev–Trinajstić information content (AvgIpc) is 2.24. The van der Waals surface area contributed by atoms with E-state index in [2.05, 4.69) is 38.3 Å². The van der Waals surface area contributed by atoms with E-state index >= 15 is 0 Å². The Labute approximate surface area is 131 Å². The van der Waals surface area contributed by atoms with Crippen LogP contribution in [0.2, 0.25) is 0 Å². The van der Waals surface area contributed by atoms with Crippen molar-refractivity contribution in [3.63, 3.8) is 0 Å². The van der Waals surface area contributed by atoms with Crippen LogP contribution in [0.5, 0.6) is 0 Å². The predicted octanol–water partition coefficient (Wildman–Crippen LogP) is 0.896. The second-order valence-corrected chi connectivity index (χ2v) is 8.65. The van der Waals surface area contributed by atoms with Crippen LogP contribution in [0.15, 0.2) is 0 Å². The van der Waals surface area contributed by atoms with E-state index in [-0.39, 0.29) is 17.0 Å². The molecule has 2 saturated heterocycles. The van der Waals surface area contributed by atoms with Gasteiger partial charge in [-0.2, -0.15) is 8.42 Å². The van der Waals surface area contributed by atoms with E-state index in [1.165, 1.54) is 0 Å².